The van der Waals surface area contributed by atoms with Crippen LogP contribution in [0.3, 0.4) is 0 Å². The Morgan fingerprint density at radius 1 is 1.41 bits per heavy atom. The Morgan fingerprint density at radius 2 is 2.24 bits per heavy atom. The summed E-state index contributed by atoms with van der Waals surface area (Å²) in [6.45, 7) is 8.39. The second kappa shape index (κ2) is 8.03. The minimum atomic E-state index is 0.753. The molecule has 0 bridgehead atoms. The van der Waals surface area contributed by atoms with E-state index in [0.29, 0.717) is 0 Å². The molecule has 0 saturated heterocycles. The molecule has 0 aliphatic heterocycles. The molecule has 0 saturated carbocycles. The molecule has 0 amide bonds. The maximum atomic E-state index is 5.37. The number of hydrogen-bond donors (Lipinski definition) is 1. The SMILES string of the molecule is CCNCc1ccncc1N(C)CCOCC. The van der Waals surface area contributed by atoms with E-state index in [1.165, 1.54) is 11.3 Å². The van der Waals surface area contributed by atoms with Crippen LogP contribution in [0.5, 0.6) is 0 Å². The molecule has 17 heavy (non-hydrogen) atoms. The molecule has 4 heteroatoms. The lowest BCUT2D eigenvalue weighted by atomic mass is 10.2. The van der Waals surface area contributed by atoms with Gasteiger partial charge in [-0.05, 0) is 25.1 Å². The lowest BCUT2D eigenvalue weighted by Crippen LogP contribution is -2.25. The molecular weight excluding hydrogens is 214 g/mol. The summed E-state index contributed by atoms with van der Waals surface area (Å²) in [6.07, 6.45) is 3.76. The van der Waals surface area contributed by atoms with Crippen LogP contribution in [0.25, 0.3) is 0 Å². The van der Waals surface area contributed by atoms with Gasteiger partial charge in [0.15, 0.2) is 0 Å². The Labute approximate surface area is 104 Å². The Hall–Kier alpha value is -1.13. The molecule has 0 aromatic carbocycles. The monoisotopic (exact) mass is 237 g/mol. The number of ether oxygens (including phenoxy) is 1. The predicted molar refractivity (Wildman–Crippen MR) is 71.4 cm³/mol. The zero-order chi connectivity index (χ0) is 12.5. The number of anilines is 1. The fourth-order valence-electron chi connectivity index (χ4n) is 1.63. The summed E-state index contributed by atoms with van der Waals surface area (Å²) < 4.78 is 5.37. The minimum Gasteiger partial charge on any atom is -0.380 e. The minimum absolute atomic E-state index is 0.753. The molecular formula is C13H23N3O. The van der Waals surface area contributed by atoms with Crippen molar-refractivity contribution in [3.63, 3.8) is 0 Å². The van der Waals surface area contributed by atoms with Crippen LogP contribution in [0.1, 0.15) is 19.4 Å². The first-order valence-electron chi connectivity index (χ1n) is 6.22. The van der Waals surface area contributed by atoms with Crippen LogP contribution in [0.15, 0.2) is 18.5 Å². The van der Waals surface area contributed by atoms with Gasteiger partial charge in [-0.15, -0.1) is 0 Å². The van der Waals surface area contributed by atoms with Gasteiger partial charge in [0.2, 0.25) is 0 Å². The van der Waals surface area contributed by atoms with E-state index in [4.69, 9.17) is 4.74 Å². The third kappa shape index (κ3) is 4.71. The van der Waals surface area contributed by atoms with E-state index < -0.39 is 0 Å². The van der Waals surface area contributed by atoms with Crippen LogP contribution < -0.4 is 10.2 Å². The van der Waals surface area contributed by atoms with E-state index in [2.05, 4.69) is 35.2 Å². The van der Waals surface area contributed by atoms with Crippen molar-refractivity contribution in [1.82, 2.24) is 10.3 Å². The van der Waals surface area contributed by atoms with Crippen LogP contribution in [0, 0.1) is 0 Å². The molecule has 1 N–H and O–H groups in total. The first-order valence-corrected chi connectivity index (χ1v) is 6.22. The molecule has 0 aliphatic rings. The van der Waals surface area contributed by atoms with Gasteiger partial charge in [-0.2, -0.15) is 0 Å². The van der Waals surface area contributed by atoms with E-state index in [0.717, 1.165) is 32.8 Å². The highest BCUT2D eigenvalue weighted by Gasteiger charge is 2.06. The molecule has 0 spiro atoms. The third-order valence-corrected chi connectivity index (χ3v) is 2.64. The van der Waals surface area contributed by atoms with Crippen molar-refractivity contribution in [3.8, 4) is 0 Å². The molecule has 1 aromatic heterocycles. The smallest absolute Gasteiger partial charge is 0.0641 e. The Morgan fingerprint density at radius 3 is 2.94 bits per heavy atom. The maximum Gasteiger partial charge on any atom is 0.0641 e. The molecule has 0 aliphatic carbocycles. The lowest BCUT2D eigenvalue weighted by molar-refractivity contribution is 0.154. The van der Waals surface area contributed by atoms with Crippen molar-refractivity contribution in [2.75, 3.05) is 38.3 Å². The Bertz CT molecular complexity index is 317. The highest BCUT2D eigenvalue weighted by molar-refractivity contribution is 5.50. The van der Waals surface area contributed by atoms with Gasteiger partial charge in [-0.25, -0.2) is 0 Å². The van der Waals surface area contributed by atoms with E-state index in [1.54, 1.807) is 0 Å². The van der Waals surface area contributed by atoms with Crippen molar-refractivity contribution in [1.29, 1.82) is 0 Å². The summed E-state index contributed by atoms with van der Waals surface area (Å²) in [6, 6.07) is 2.06. The molecule has 0 atom stereocenters. The normalized spacial score (nSPS) is 10.5. The average molecular weight is 237 g/mol. The van der Waals surface area contributed by atoms with Crippen molar-refractivity contribution in [3.05, 3.63) is 24.0 Å². The van der Waals surface area contributed by atoms with Gasteiger partial charge in [-0.3, -0.25) is 4.98 Å². The lowest BCUT2D eigenvalue weighted by Gasteiger charge is -2.21. The van der Waals surface area contributed by atoms with Gasteiger partial charge < -0.3 is 15.0 Å². The average Bonchev–Trinajstić information content (AvgIpc) is 2.37. The fourth-order valence-corrected chi connectivity index (χ4v) is 1.63. The van der Waals surface area contributed by atoms with Gasteiger partial charge in [0.05, 0.1) is 18.5 Å². The van der Waals surface area contributed by atoms with Crippen LogP contribution >= 0.6 is 0 Å². The van der Waals surface area contributed by atoms with Crippen molar-refractivity contribution in [2.45, 2.75) is 20.4 Å². The summed E-state index contributed by atoms with van der Waals surface area (Å²) in [5.74, 6) is 0. The van der Waals surface area contributed by atoms with Crippen molar-refractivity contribution in [2.24, 2.45) is 0 Å². The maximum absolute atomic E-state index is 5.37. The van der Waals surface area contributed by atoms with E-state index in [1.807, 2.05) is 19.3 Å². The van der Waals surface area contributed by atoms with E-state index in [-0.39, 0.29) is 0 Å². The molecule has 1 aromatic rings. The summed E-state index contributed by atoms with van der Waals surface area (Å²) in [4.78, 5) is 6.38. The van der Waals surface area contributed by atoms with Gasteiger partial charge in [0.1, 0.15) is 0 Å². The summed E-state index contributed by atoms with van der Waals surface area (Å²) in [5.41, 5.74) is 2.45. The fraction of sp³-hybridized carbons (Fsp3) is 0.615. The molecule has 0 fully saturated rings. The number of nitrogens with zero attached hydrogens (tertiary/aromatic N) is 2. The predicted octanol–water partition coefficient (Wildman–Crippen LogP) is 1.66. The van der Waals surface area contributed by atoms with Gasteiger partial charge >= 0.3 is 0 Å². The first kappa shape index (κ1) is 13.9. The topological polar surface area (TPSA) is 37.4 Å². The molecule has 4 nitrogen and oxygen atoms in total. The standard InChI is InChI=1S/C13H23N3O/c1-4-14-10-12-6-7-15-11-13(12)16(3)8-9-17-5-2/h6-7,11,14H,4-5,8-10H2,1-3H3. The quantitative estimate of drug-likeness (QED) is 0.698. The second-order valence-electron chi connectivity index (χ2n) is 3.90. The van der Waals surface area contributed by atoms with E-state index >= 15 is 0 Å². The molecule has 0 radical (unpaired) electrons. The van der Waals surface area contributed by atoms with Crippen molar-refractivity contribution >= 4 is 5.69 Å². The molecule has 96 valence electrons. The van der Waals surface area contributed by atoms with Gasteiger partial charge in [-0.1, -0.05) is 6.92 Å². The number of rotatable bonds is 8. The van der Waals surface area contributed by atoms with Gasteiger partial charge in [0.25, 0.3) is 0 Å². The summed E-state index contributed by atoms with van der Waals surface area (Å²) in [7, 11) is 2.07. The highest BCUT2D eigenvalue weighted by Crippen LogP contribution is 2.17. The number of aromatic nitrogens is 1. The highest BCUT2D eigenvalue weighted by atomic mass is 16.5. The Kier molecular flexibility index (Phi) is 6.58. The molecule has 1 rings (SSSR count). The number of pyridine rings is 1. The zero-order valence-corrected chi connectivity index (χ0v) is 11.1. The van der Waals surface area contributed by atoms with Crippen LogP contribution in [-0.2, 0) is 11.3 Å². The number of nitrogens with one attached hydrogen (secondary N) is 1. The summed E-state index contributed by atoms with van der Waals surface area (Å²) >= 11 is 0. The largest absolute Gasteiger partial charge is 0.380 e. The number of hydrogen-bond acceptors (Lipinski definition) is 4. The van der Waals surface area contributed by atoms with Crippen molar-refractivity contribution < 1.29 is 4.74 Å². The second-order valence-corrected chi connectivity index (χ2v) is 3.90. The van der Waals surface area contributed by atoms with Crippen LogP contribution in [-0.4, -0.2) is 38.3 Å². The van der Waals surface area contributed by atoms with Crippen LogP contribution in [0.4, 0.5) is 5.69 Å². The summed E-state index contributed by atoms with van der Waals surface area (Å²) in [5, 5.41) is 3.34. The first-order chi connectivity index (χ1) is 8.29. The van der Waals surface area contributed by atoms with E-state index in [9.17, 15) is 0 Å². The molecule has 0 unspecified atom stereocenters. The number of likely N-dealkylation sites (N-methyl/N-ethyl adjacent to an activating group) is 1. The molecule has 1 heterocycles. The third-order valence-electron chi connectivity index (χ3n) is 2.64. The van der Waals surface area contributed by atoms with Gasteiger partial charge in [0, 0.05) is 32.9 Å². The van der Waals surface area contributed by atoms with Crippen LogP contribution in [0.2, 0.25) is 0 Å². The Balaban J connectivity index is 2.60. The zero-order valence-electron chi connectivity index (χ0n) is 11.1.